The van der Waals surface area contributed by atoms with E-state index in [-0.39, 0.29) is 10.5 Å². The lowest BCUT2D eigenvalue weighted by molar-refractivity contribution is -0.114. The average molecular weight is 492 g/mol. The van der Waals surface area contributed by atoms with Gasteiger partial charge in [0.05, 0.1) is 16.1 Å². The van der Waals surface area contributed by atoms with Crippen molar-refractivity contribution in [3.05, 3.63) is 66.2 Å². The molecule has 4 aromatic rings. The van der Waals surface area contributed by atoms with Gasteiger partial charge in [0, 0.05) is 24.0 Å². The molecule has 0 radical (unpaired) electrons. The molecule has 2 aliphatic rings. The third kappa shape index (κ3) is 3.56. The molecule has 0 aliphatic carbocycles. The predicted octanol–water partition coefficient (Wildman–Crippen LogP) is 4.11. The molecular formula is C25H22FN5O3S. The molecule has 8 nitrogen and oxygen atoms in total. The first-order chi connectivity index (χ1) is 16.9. The zero-order valence-electron chi connectivity index (χ0n) is 18.7. The highest BCUT2D eigenvalue weighted by atomic mass is 32.2. The highest BCUT2D eigenvalue weighted by molar-refractivity contribution is 7.93. The highest BCUT2D eigenvalue weighted by Crippen LogP contribution is 2.41. The maximum atomic E-state index is 14.8. The van der Waals surface area contributed by atoms with E-state index in [1.54, 1.807) is 24.3 Å². The lowest BCUT2D eigenvalue weighted by Gasteiger charge is -2.18. The number of amides is 1. The van der Waals surface area contributed by atoms with Crippen molar-refractivity contribution in [1.29, 1.82) is 0 Å². The Morgan fingerprint density at radius 2 is 1.86 bits per heavy atom. The summed E-state index contributed by atoms with van der Waals surface area (Å²) in [7, 11) is -3.86. The smallest absolute Gasteiger partial charge is 0.265 e. The summed E-state index contributed by atoms with van der Waals surface area (Å²) < 4.78 is 44.1. The van der Waals surface area contributed by atoms with E-state index in [1.165, 1.54) is 18.2 Å². The number of fused-ring (bicyclic) bond motifs is 1. The maximum absolute atomic E-state index is 14.8. The molecule has 1 amide bonds. The first-order valence-corrected chi connectivity index (χ1v) is 12.9. The molecule has 0 bridgehead atoms. The van der Waals surface area contributed by atoms with E-state index in [4.69, 9.17) is 0 Å². The van der Waals surface area contributed by atoms with Gasteiger partial charge in [-0.1, -0.05) is 30.7 Å². The topological polar surface area (TPSA) is 97.2 Å². The van der Waals surface area contributed by atoms with Crippen molar-refractivity contribution in [2.45, 2.75) is 37.1 Å². The molecule has 178 valence electrons. The molecular weight excluding hydrogens is 469 g/mol. The monoisotopic (exact) mass is 491 g/mol. The van der Waals surface area contributed by atoms with Crippen LogP contribution in [-0.4, -0.2) is 35.6 Å². The quantitative estimate of drug-likeness (QED) is 0.463. The Kier molecular flexibility index (Phi) is 5.06. The lowest BCUT2D eigenvalue weighted by Crippen LogP contribution is -2.35. The van der Waals surface area contributed by atoms with Crippen LogP contribution in [0.25, 0.3) is 22.2 Å². The summed E-state index contributed by atoms with van der Waals surface area (Å²) in [4.78, 5) is 13.1. The second-order valence-electron chi connectivity index (χ2n) is 8.79. The minimum atomic E-state index is -3.86. The number of benzene rings is 3. The second kappa shape index (κ2) is 8.16. The number of nitrogens with one attached hydrogen (secondary N) is 1. The number of hydrogen-bond acceptors (Lipinski definition) is 5. The normalized spacial score (nSPS) is 16.2. The molecule has 0 atom stereocenters. The summed E-state index contributed by atoms with van der Waals surface area (Å²) in [5, 5.41) is 12.6. The zero-order chi connectivity index (χ0) is 24.2. The van der Waals surface area contributed by atoms with Gasteiger partial charge >= 0.3 is 0 Å². The lowest BCUT2D eigenvalue weighted by atomic mass is 10.1. The molecule has 3 heterocycles. The fourth-order valence-corrected chi connectivity index (χ4v) is 6.58. The fraction of sp³-hybridized carbons (Fsp3) is 0.240. The Hall–Kier alpha value is -3.79. The van der Waals surface area contributed by atoms with Crippen molar-refractivity contribution in [1.82, 2.24) is 14.8 Å². The number of halogens is 1. The number of aromatic nitrogens is 3. The number of sulfonamides is 1. The van der Waals surface area contributed by atoms with Crippen molar-refractivity contribution in [2.24, 2.45) is 0 Å². The van der Waals surface area contributed by atoms with E-state index in [1.807, 2.05) is 16.7 Å². The zero-order valence-corrected chi connectivity index (χ0v) is 19.6. The Balaban J connectivity index is 1.28. The van der Waals surface area contributed by atoms with Crippen LogP contribution in [0.15, 0.2) is 59.5 Å². The van der Waals surface area contributed by atoms with Crippen molar-refractivity contribution in [3.63, 3.8) is 0 Å². The summed E-state index contributed by atoms with van der Waals surface area (Å²) in [6, 6.07) is 14.6. The molecule has 2 aliphatic heterocycles. The summed E-state index contributed by atoms with van der Waals surface area (Å²) in [5.41, 5.74) is 1.07. The van der Waals surface area contributed by atoms with Crippen LogP contribution in [0.1, 0.15) is 25.1 Å². The van der Waals surface area contributed by atoms with E-state index in [2.05, 4.69) is 15.5 Å². The third-order valence-electron chi connectivity index (χ3n) is 6.57. The summed E-state index contributed by atoms with van der Waals surface area (Å²) in [5.74, 6) is 0.266. The van der Waals surface area contributed by atoms with Gasteiger partial charge in [-0.3, -0.25) is 9.10 Å². The van der Waals surface area contributed by atoms with E-state index >= 15 is 0 Å². The number of anilines is 2. The Morgan fingerprint density at radius 1 is 1.03 bits per heavy atom. The van der Waals surface area contributed by atoms with Gasteiger partial charge in [0.2, 0.25) is 5.91 Å². The maximum Gasteiger partial charge on any atom is 0.265 e. The Bertz CT molecular complexity index is 1590. The Labute approximate surface area is 201 Å². The molecule has 0 spiro atoms. The van der Waals surface area contributed by atoms with Crippen molar-refractivity contribution < 1.29 is 17.6 Å². The van der Waals surface area contributed by atoms with Crippen molar-refractivity contribution >= 4 is 38.1 Å². The first-order valence-electron chi connectivity index (χ1n) is 11.5. The largest absolute Gasteiger partial charge is 0.324 e. The van der Waals surface area contributed by atoms with Crippen LogP contribution in [0.2, 0.25) is 0 Å². The van der Waals surface area contributed by atoms with Gasteiger partial charge in [-0.05, 0) is 48.6 Å². The van der Waals surface area contributed by atoms with E-state index < -0.39 is 28.3 Å². The van der Waals surface area contributed by atoms with Crippen LogP contribution in [0.4, 0.5) is 15.8 Å². The number of nitrogens with zero attached hydrogens (tertiary/aromatic N) is 4. The molecule has 0 saturated heterocycles. The number of carbonyl (C=O) groups excluding carboxylic acids is 1. The molecule has 35 heavy (non-hydrogen) atoms. The van der Waals surface area contributed by atoms with Crippen LogP contribution in [-0.2, 0) is 27.8 Å². The van der Waals surface area contributed by atoms with Crippen LogP contribution in [0.5, 0.6) is 0 Å². The van der Waals surface area contributed by atoms with Crippen LogP contribution in [0, 0.1) is 5.82 Å². The van der Waals surface area contributed by atoms with Gasteiger partial charge in [0.15, 0.2) is 5.82 Å². The summed E-state index contributed by atoms with van der Waals surface area (Å²) in [6.07, 6.45) is 3.87. The van der Waals surface area contributed by atoms with Gasteiger partial charge in [-0.15, -0.1) is 10.2 Å². The van der Waals surface area contributed by atoms with Crippen molar-refractivity contribution in [3.8, 4) is 11.4 Å². The van der Waals surface area contributed by atoms with E-state index in [9.17, 15) is 17.6 Å². The number of hydrogen-bond donors (Lipinski definition) is 1. The molecule has 0 fully saturated rings. The SMILES string of the molecule is O=C(CN1c2cccc3cccc(c23)S1(=O)=O)Nc1ccc(F)c(-c2nnc3n2CCCCC3)c1. The number of carbonyl (C=O) groups is 1. The van der Waals surface area contributed by atoms with Gasteiger partial charge in [0.25, 0.3) is 10.0 Å². The number of rotatable bonds is 4. The Morgan fingerprint density at radius 3 is 2.71 bits per heavy atom. The molecule has 6 rings (SSSR count). The highest BCUT2D eigenvalue weighted by Gasteiger charge is 2.36. The van der Waals surface area contributed by atoms with Gasteiger partial charge in [-0.25, -0.2) is 12.8 Å². The average Bonchev–Trinajstić information content (AvgIpc) is 3.22. The van der Waals surface area contributed by atoms with Crippen LogP contribution < -0.4 is 9.62 Å². The number of aryl methyl sites for hydroxylation is 1. The summed E-state index contributed by atoms with van der Waals surface area (Å²) in [6.45, 7) is 0.315. The minimum absolute atomic E-state index is 0.190. The summed E-state index contributed by atoms with van der Waals surface area (Å²) >= 11 is 0. The molecule has 1 aromatic heterocycles. The fourth-order valence-electron chi connectivity index (χ4n) is 4.92. The van der Waals surface area contributed by atoms with Gasteiger partial charge < -0.3 is 9.88 Å². The van der Waals surface area contributed by atoms with Gasteiger partial charge in [-0.2, -0.15) is 0 Å². The molecule has 3 aromatic carbocycles. The molecule has 0 unspecified atom stereocenters. The van der Waals surface area contributed by atoms with Crippen molar-refractivity contribution in [2.75, 3.05) is 16.2 Å². The molecule has 1 N–H and O–H groups in total. The standard InChI is InChI=1S/C25H22FN5O3S/c26-19-12-11-17(14-18(19)25-29-28-22-10-2-1-3-13-30(22)25)27-23(32)15-31-20-8-4-6-16-7-5-9-21(24(16)20)35(31,33)34/h4-9,11-12,14H,1-3,10,13,15H2,(H,27,32). The first kappa shape index (κ1) is 21.7. The third-order valence-corrected chi connectivity index (χ3v) is 8.37. The molecule has 0 saturated carbocycles. The van der Waals surface area contributed by atoms with Crippen LogP contribution >= 0.6 is 0 Å². The van der Waals surface area contributed by atoms with E-state index in [0.29, 0.717) is 29.1 Å². The van der Waals surface area contributed by atoms with E-state index in [0.717, 1.165) is 41.2 Å². The molecule has 10 heteroatoms. The van der Waals surface area contributed by atoms with Crippen LogP contribution in [0.3, 0.4) is 0 Å². The predicted molar refractivity (Wildman–Crippen MR) is 130 cm³/mol. The second-order valence-corrected chi connectivity index (χ2v) is 10.6. The minimum Gasteiger partial charge on any atom is -0.324 e. The van der Waals surface area contributed by atoms with Gasteiger partial charge in [0.1, 0.15) is 18.2 Å².